The van der Waals surface area contributed by atoms with Crippen molar-refractivity contribution in [3.63, 3.8) is 0 Å². The summed E-state index contributed by atoms with van der Waals surface area (Å²) in [6, 6.07) is 3.85. The molecule has 0 aromatic heterocycles. The second-order valence-electron chi connectivity index (χ2n) is 8.60. The Kier molecular flexibility index (Phi) is 4.95. The quantitative estimate of drug-likeness (QED) is 0.807. The Labute approximate surface area is 149 Å². The van der Waals surface area contributed by atoms with E-state index in [1.54, 1.807) is 7.05 Å². The molecule has 5 heteroatoms. The normalized spacial score (nSPS) is 20.6. The van der Waals surface area contributed by atoms with Crippen LogP contribution in [-0.4, -0.2) is 29.7 Å². The summed E-state index contributed by atoms with van der Waals surface area (Å²) in [7, 11) is 1.60. The highest BCUT2D eigenvalue weighted by molar-refractivity contribution is 6.22. The molecule has 2 rings (SSSR count). The molecule has 2 atom stereocenters. The van der Waals surface area contributed by atoms with Gasteiger partial charge in [0.25, 0.3) is 5.91 Å². The topological polar surface area (TPSA) is 49.8 Å². The summed E-state index contributed by atoms with van der Waals surface area (Å²) in [6.07, 6.45) is 0. The zero-order valence-electron chi connectivity index (χ0n) is 15.6. The van der Waals surface area contributed by atoms with Crippen LogP contribution in [0, 0.1) is 5.92 Å². The number of hydrogen-bond donors (Lipinski definition) is 1. The van der Waals surface area contributed by atoms with E-state index in [1.165, 1.54) is 5.06 Å². The molecule has 1 N–H and O–H groups in total. The molecule has 1 aromatic carbocycles. The Morgan fingerprint density at radius 3 is 1.96 bits per heavy atom. The van der Waals surface area contributed by atoms with E-state index in [-0.39, 0.29) is 23.3 Å². The maximum Gasteiger partial charge on any atom is 0.253 e. The third-order valence-corrected chi connectivity index (χ3v) is 5.05. The molecule has 0 saturated carbocycles. The number of phenols is 1. The fourth-order valence-electron chi connectivity index (χ4n) is 2.96. The Morgan fingerprint density at radius 1 is 1.17 bits per heavy atom. The summed E-state index contributed by atoms with van der Waals surface area (Å²) < 4.78 is 0. The van der Waals surface area contributed by atoms with Crippen LogP contribution in [0.2, 0.25) is 0 Å². The van der Waals surface area contributed by atoms with Gasteiger partial charge < -0.3 is 5.11 Å². The molecule has 0 spiro atoms. The third kappa shape index (κ3) is 3.55. The van der Waals surface area contributed by atoms with E-state index in [0.717, 1.165) is 16.7 Å². The van der Waals surface area contributed by atoms with E-state index in [0.29, 0.717) is 5.75 Å². The first-order valence-corrected chi connectivity index (χ1v) is 8.70. The number of aromatic hydroxyl groups is 1. The fourth-order valence-corrected chi connectivity index (χ4v) is 3.27. The molecule has 1 aromatic rings. The standard InChI is InChI=1S/C19H28ClNO3/c1-18(2,3)13-8-11(9-14(16(13)22)19(4,5)6)15(20)12-10-24-21(7)17(12)23/h8-9,12,15,22H,10H2,1-7H3. The molecule has 0 radical (unpaired) electrons. The van der Waals surface area contributed by atoms with Crippen LogP contribution in [0.3, 0.4) is 0 Å². The summed E-state index contributed by atoms with van der Waals surface area (Å²) >= 11 is 6.66. The lowest BCUT2D eigenvalue weighted by molar-refractivity contribution is -0.155. The SMILES string of the molecule is CN1OCC(C(Cl)c2cc(C(C)(C)C)c(O)c(C(C)(C)C)c2)C1=O. The maximum absolute atomic E-state index is 12.2. The van der Waals surface area contributed by atoms with Crippen molar-refractivity contribution in [1.82, 2.24) is 5.06 Å². The number of halogens is 1. The zero-order valence-corrected chi connectivity index (χ0v) is 16.4. The molecular formula is C19H28ClNO3. The van der Waals surface area contributed by atoms with Crippen molar-refractivity contribution in [3.8, 4) is 5.75 Å². The van der Waals surface area contributed by atoms with Crippen molar-refractivity contribution < 1.29 is 14.7 Å². The molecule has 4 nitrogen and oxygen atoms in total. The van der Waals surface area contributed by atoms with Gasteiger partial charge in [-0.2, -0.15) is 0 Å². The largest absolute Gasteiger partial charge is 0.507 e. The summed E-state index contributed by atoms with van der Waals surface area (Å²) in [5, 5.41) is 11.5. The molecule has 0 aliphatic carbocycles. The van der Waals surface area contributed by atoms with Crippen molar-refractivity contribution in [2.75, 3.05) is 13.7 Å². The highest BCUT2D eigenvalue weighted by atomic mass is 35.5. The van der Waals surface area contributed by atoms with Gasteiger partial charge in [-0.05, 0) is 27.5 Å². The van der Waals surface area contributed by atoms with Crippen LogP contribution in [0.4, 0.5) is 0 Å². The highest BCUT2D eigenvalue weighted by Crippen LogP contribution is 2.43. The van der Waals surface area contributed by atoms with E-state index in [4.69, 9.17) is 16.4 Å². The molecule has 0 bridgehead atoms. The van der Waals surface area contributed by atoms with Crippen molar-refractivity contribution in [1.29, 1.82) is 0 Å². The minimum Gasteiger partial charge on any atom is -0.507 e. The van der Waals surface area contributed by atoms with Gasteiger partial charge in [0.15, 0.2) is 0 Å². The first kappa shape index (κ1) is 19.1. The molecule has 1 amide bonds. The van der Waals surface area contributed by atoms with Gasteiger partial charge in [0.2, 0.25) is 0 Å². The third-order valence-electron chi connectivity index (χ3n) is 4.50. The number of carbonyl (C=O) groups is 1. The first-order valence-electron chi connectivity index (χ1n) is 8.26. The van der Waals surface area contributed by atoms with Gasteiger partial charge in [-0.1, -0.05) is 53.7 Å². The number of rotatable bonds is 2. The number of benzene rings is 1. The van der Waals surface area contributed by atoms with Crippen LogP contribution in [0.1, 0.15) is 63.6 Å². The van der Waals surface area contributed by atoms with Crippen LogP contribution >= 0.6 is 11.6 Å². The number of carbonyl (C=O) groups excluding carboxylic acids is 1. The monoisotopic (exact) mass is 353 g/mol. The summed E-state index contributed by atoms with van der Waals surface area (Å²) in [4.78, 5) is 17.5. The molecule has 1 aliphatic rings. The van der Waals surface area contributed by atoms with Gasteiger partial charge in [-0.15, -0.1) is 11.6 Å². The number of hydroxylamine groups is 2. The fraction of sp³-hybridized carbons (Fsp3) is 0.632. The molecule has 1 heterocycles. The molecule has 1 fully saturated rings. The van der Waals surface area contributed by atoms with Gasteiger partial charge >= 0.3 is 0 Å². The van der Waals surface area contributed by atoms with E-state index in [9.17, 15) is 9.90 Å². The van der Waals surface area contributed by atoms with Crippen LogP contribution in [0.15, 0.2) is 12.1 Å². The van der Waals surface area contributed by atoms with Gasteiger partial charge in [-0.25, -0.2) is 5.06 Å². The minimum absolute atomic E-state index is 0.113. The number of alkyl halides is 1. The molecule has 1 aliphatic heterocycles. The molecule has 2 unspecified atom stereocenters. The lowest BCUT2D eigenvalue weighted by Crippen LogP contribution is -2.25. The maximum atomic E-state index is 12.2. The molecule has 24 heavy (non-hydrogen) atoms. The summed E-state index contributed by atoms with van der Waals surface area (Å²) in [5.41, 5.74) is 2.07. The first-order chi connectivity index (χ1) is 10.8. The zero-order chi connectivity index (χ0) is 18.4. The van der Waals surface area contributed by atoms with Crippen molar-refractivity contribution in [2.45, 2.75) is 57.7 Å². The van der Waals surface area contributed by atoms with Crippen molar-refractivity contribution in [3.05, 3.63) is 28.8 Å². The summed E-state index contributed by atoms with van der Waals surface area (Å²) in [5.74, 6) is -0.215. The molecule has 1 saturated heterocycles. The van der Waals surface area contributed by atoms with Gasteiger partial charge in [0.1, 0.15) is 5.75 Å². The Hall–Kier alpha value is -1.26. The second kappa shape index (κ2) is 6.23. The average Bonchev–Trinajstić information content (AvgIpc) is 2.76. The van der Waals surface area contributed by atoms with Gasteiger partial charge in [0, 0.05) is 7.05 Å². The number of phenolic OH excluding ortho intramolecular Hbond substituents is 1. The number of nitrogens with zero attached hydrogens (tertiary/aromatic N) is 1. The lowest BCUT2D eigenvalue weighted by atomic mass is 9.77. The Bertz CT molecular complexity index is 608. The van der Waals surface area contributed by atoms with Crippen LogP contribution in [0.25, 0.3) is 0 Å². The van der Waals surface area contributed by atoms with E-state index >= 15 is 0 Å². The second-order valence-corrected chi connectivity index (χ2v) is 9.07. The van der Waals surface area contributed by atoms with E-state index in [1.807, 2.05) is 12.1 Å². The van der Waals surface area contributed by atoms with Crippen LogP contribution < -0.4 is 0 Å². The number of amides is 1. The van der Waals surface area contributed by atoms with Crippen molar-refractivity contribution in [2.24, 2.45) is 5.92 Å². The van der Waals surface area contributed by atoms with Gasteiger partial charge in [-0.3, -0.25) is 9.63 Å². The minimum atomic E-state index is -0.495. The van der Waals surface area contributed by atoms with E-state index in [2.05, 4.69) is 41.5 Å². The number of hydrogen-bond acceptors (Lipinski definition) is 3. The van der Waals surface area contributed by atoms with Crippen LogP contribution in [0.5, 0.6) is 5.75 Å². The van der Waals surface area contributed by atoms with E-state index < -0.39 is 11.3 Å². The lowest BCUT2D eigenvalue weighted by Gasteiger charge is -2.29. The molecular weight excluding hydrogens is 326 g/mol. The van der Waals surface area contributed by atoms with Crippen molar-refractivity contribution >= 4 is 17.5 Å². The van der Waals surface area contributed by atoms with Crippen LogP contribution in [-0.2, 0) is 20.5 Å². The predicted octanol–water partition coefficient (Wildman–Crippen LogP) is 4.29. The average molecular weight is 354 g/mol. The Balaban J connectivity index is 2.56. The Morgan fingerprint density at radius 2 is 1.62 bits per heavy atom. The smallest absolute Gasteiger partial charge is 0.253 e. The molecule has 134 valence electrons. The summed E-state index contributed by atoms with van der Waals surface area (Å²) in [6.45, 7) is 12.6. The predicted molar refractivity (Wildman–Crippen MR) is 96.3 cm³/mol. The van der Waals surface area contributed by atoms with Gasteiger partial charge in [0.05, 0.1) is 17.9 Å². The highest BCUT2D eigenvalue weighted by Gasteiger charge is 2.38.